The molecule has 0 fully saturated rings. The fourth-order valence-electron chi connectivity index (χ4n) is 2.87. The van der Waals surface area contributed by atoms with Gasteiger partial charge in [-0.3, -0.25) is 10.1 Å². The molecule has 29 heavy (non-hydrogen) atoms. The largest absolute Gasteiger partial charge is 0.383 e. The first-order valence-electron chi connectivity index (χ1n) is 8.90. The van der Waals surface area contributed by atoms with Gasteiger partial charge < -0.3 is 20.6 Å². The summed E-state index contributed by atoms with van der Waals surface area (Å²) in [6.45, 7) is 7.97. The molecule has 0 unspecified atom stereocenters. The van der Waals surface area contributed by atoms with Crippen molar-refractivity contribution in [2.75, 3.05) is 11.5 Å². The van der Waals surface area contributed by atoms with Crippen molar-refractivity contribution < 1.29 is 4.92 Å². The molecular weight excluding hydrogens is 376 g/mol. The van der Waals surface area contributed by atoms with Crippen molar-refractivity contribution in [3.63, 3.8) is 0 Å². The number of nitro groups is 1. The zero-order valence-corrected chi connectivity index (χ0v) is 16.5. The minimum absolute atomic E-state index is 0.0539. The number of hydrogen-bond donors (Lipinski definition) is 2. The SMILES string of the molecule is CC(C)n1cc([N+](=O)[O-])c2c(N)ncnc21.CC(C)n1cnc2c(N)ncnc21. The van der Waals surface area contributed by atoms with E-state index < -0.39 is 4.92 Å². The number of nitrogen functional groups attached to an aromatic ring is 2. The van der Waals surface area contributed by atoms with Crippen LogP contribution in [0.1, 0.15) is 39.8 Å². The Labute approximate surface area is 165 Å². The molecule has 4 N–H and O–H groups in total. The summed E-state index contributed by atoms with van der Waals surface area (Å²) in [5.41, 5.74) is 13.2. The fraction of sp³-hybridized carbons (Fsp3) is 0.353. The van der Waals surface area contributed by atoms with Gasteiger partial charge in [0.1, 0.15) is 29.4 Å². The molecule has 0 saturated carbocycles. The van der Waals surface area contributed by atoms with Gasteiger partial charge in [-0.2, -0.15) is 0 Å². The molecule has 4 aromatic rings. The monoisotopic (exact) mass is 398 g/mol. The molecule has 12 nitrogen and oxygen atoms in total. The molecule has 0 aliphatic rings. The van der Waals surface area contributed by atoms with Crippen molar-refractivity contribution in [3.05, 3.63) is 35.3 Å². The molecule has 0 spiro atoms. The minimum Gasteiger partial charge on any atom is -0.383 e. The predicted molar refractivity (Wildman–Crippen MR) is 109 cm³/mol. The minimum atomic E-state index is -0.471. The Balaban J connectivity index is 0.000000169. The molecule has 4 aromatic heterocycles. The molecular formula is C17H22N10O2. The van der Waals surface area contributed by atoms with Crippen molar-refractivity contribution in [2.45, 2.75) is 39.8 Å². The summed E-state index contributed by atoms with van der Waals surface area (Å²) in [5, 5.41) is 11.2. The highest BCUT2D eigenvalue weighted by atomic mass is 16.6. The molecule has 0 bridgehead atoms. The van der Waals surface area contributed by atoms with Crippen molar-refractivity contribution in [1.82, 2.24) is 34.1 Å². The van der Waals surface area contributed by atoms with Crippen LogP contribution in [0, 0.1) is 10.1 Å². The average Bonchev–Trinajstić information content (AvgIpc) is 3.25. The lowest BCUT2D eigenvalue weighted by Gasteiger charge is -2.06. The molecule has 0 aliphatic carbocycles. The third-order valence-corrected chi connectivity index (χ3v) is 4.32. The average molecular weight is 398 g/mol. The van der Waals surface area contributed by atoms with Crippen molar-refractivity contribution in [3.8, 4) is 0 Å². The van der Waals surface area contributed by atoms with Gasteiger partial charge in [0.05, 0.1) is 17.4 Å². The molecule has 0 atom stereocenters. The van der Waals surface area contributed by atoms with Crippen molar-refractivity contribution in [2.24, 2.45) is 0 Å². The number of aromatic nitrogens is 7. The third-order valence-electron chi connectivity index (χ3n) is 4.32. The van der Waals surface area contributed by atoms with E-state index in [9.17, 15) is 10.1 Å². The maximum Gasteiger partial charge on any atom is 0.300 e. The summed E-state index contributed by atoms with van der Waals surface area (Å²) < 4.78 is 3.68. The van der Waals surface area contributed by atoms with Gasteiger partial charge in [-0.05, 0) is 27.7 Å². The summed E-state index contributed by atoms with van der Waals surface area (Å²) in [4.78, 5) is 30.4. The number of imidazole rings is 1. The van der Waals surface area contributed by atoms with E-state index in [2.05, 4.69) is 38.8 Å². The van der Waals surface area contributed by atoms with Crippen LogP contribution in [-0.2, 0) is 0 Å². The van der Waals surface area contributed by atoms with Gasteiger partial charge in [0.25, 0.3) is 5.69 Å². The third kappa shape index (κ3) is 3.63. The predicted octanol–water partition coefficient (Wildman–Crippen LogP) is 2.49. The van der Waals surface area contributed by atoms with E-state index in [-0.39, 0.29) is 17.5 Å². The summed E-state index contributed by atoms with van der Waals surface area (Å²) in [5.74, 6) is 0.570. The quantitative estimate of drug-likeness (QED) is 0.388. The van der Waals surface area contributed by atoms with Crippen LogP contribution < -0.4 is 11.5 Å². The van der Waals surface area contributed by atoms with E-state index in [0.29, 0.717) is 28.4 Å². The second-order valence-corrected chi connectivity index (χ2v) is 6.91. The van der Waals surface area contributed by atoms with Crippen LogP contribution in [0.3, 0.4) is 0 Å². The first-order valence-corrected chi connectivity index (χ1v) is 8.90. The molecule has 4 rings (SSSR count). The summed E-state index contributed by atoms with van der Waals surface area (Å²) in [6.07, 6.45) is 5.94. The number of nitrogens with two attached hydrogens (primary N) is 2. The first kappa shape index (κ1) is 19.9. The Morgan fingerprint density at radius 1 is 0.897 bits per heavy atom. The Morgan fingerprint density at radius 3 is 2.07 bits per heavy atom. The molecule has 0 saturated heterocycles. The smallest absolute Gasteiger partial charge is 0.300 e. The maximum atomic E-state index is 10.9. The van der Waals surface area contributed by atoms with Crippen LogP contribution in [0.15, 0.2) is 25.2 Å². The highest BCUT2D eigenvalue weighted by Crippen LogP contribution is 2.31. The fourth-order valence-corrected chi connectivity index (χ4v) is 2.87. The van der Waals surface area contributed by atoms with Crippen LogP contribution in [0.5, 0.6) is 0 Å². The molecule has 0 aliphatic heterocycles. The van der Waals surface area contributed by atoms with Crippen LogP contribution in [-0.4, -0.2) is 39.0 Å². The number of fused-ring (bicyclic) bond motifs is 2. The Morgan fingerprint density at radius 2 is 1.48 bits per heavy atom. The van der Waals surface area contributed by atoms with E-state index >= 15 is 0 Å². The highest BCUT2D eigenvalue weighted by molar-refractivity contribution is 5.95. The second-order valence-electron chi connectivity index (χ2n) is 6.91. The Hall–Kier alpha value is -3.83. The van der Waals surface area contributed by atoms with Crippen molar-refractivity contribution >= 4 is 39.5 Å². The van der Waals surface area contributed by atoms with Crippen LogP contribution in [0.4, 0.5) is 17.3 Å². The van der Waals surface area contributed by atoms with Crippen LogP contribution >= 0.6 is 0 Å². The highest BCUT2D eigenvalue weighted by Gasteiger charge is 2.22. The topological polar surface area (TPSA) is 169 Å². The summed E-state index contributed by atoms with van der Waals surface area (Å²) >= 11 is 0. The van der Waals surface area contributed by atoms with E-state index in [1.54, 1.807) is 10.9 Å². The lowest BCUT2D eigenvalue weighted by atomic mass is 10.3. The lowest BCUT2D eigenvalue weighted by molar-refractivity contribution is -0.383. The van der Waals surface area contributed by atoms with E-state index in [1.807, 2.05) is 18.4 Å². The summed E-state index contributed by atoms with van der Waals surface area (Å²) in [7, 11) is 0. The molecule has 0 radical (unpaired) electrons. The molecule has 0 amide bonds. The number of anilines is 2. The van der Waals surface area contributed by atoms with Gasteiger partial charge in [-0.25, -0.2) is 24.9 Å². The first-order chi connectivity index (χ1) is 13.7. The number of nitrogens with zero attached hydrogens (tertiary/aromatic N) is 8. The molecule has 4 heterocycles. The normalized spacial score (nSPS) is 11.2. The van der Waals surface area contributed by atoms with Gasteiger partial charge in [-0.15, -0.1) is 0 Å². The standard InChI is InChI=1S/C9H11N5O2.C8H11N5/c1-5(2)13-3-6(14(15)16)7-8(10)11-4-12-9(7)13;1-5(2)13-4-12-6-7(9)10-3-11-8(6)13/h3-5H,1-2H3,(H2,10,11,12);3-5H,1-2H3,(H2,9,10,11). The number of hydrogen-bond acceptors (Lipinski definition) is 9. The van der Waals surface area contributed by atoms with Gasteiger partial charge in [-0.1, -0.05) is 0 Å². The molecule has 12 heteroatoms. The Bertz CT molecular complexity index is 1180. The zero-order chi connectivity index (χ0) is 21.3. The van der Waals surface area contributed by atoms with E-state index in [4.69, 9.17) is 11.5 Å². The lowest BCUT2D eigenvalue weighted by Crippen LogP contribution is -2.00. The van der Waals surface area contributed by atoms with E-state index in [1.165, 1.54) is 18.9 Å². The van der Waals surface area contributed by atoms with E-state index in [0.717, 1.165) is 5.65 Å². The van der Waals surface area contributed by atoms with Gasteiger partial charge in [0, 0.05) is 12.1 Å². The van der Waals surface area contributed by atoms with Crippen LogP contribution in [0.2, 0.25) is 0 Å². The molecule has 152 valence electrons. The summed E-state index contributed by atoms with van der Waals surface area (Å²) in [6, 6.07) is 0.407. The van der Waals surface area contributed by atoms with Crippen molar-refractivity contribution in [1.29, 1.82) is 0 Å². The van der Waals surface area contributed by atoms with Gasteiger partial charge in [0.15, 0.2) is 17.1 Å². The number of rotatable bonds is 3. The maximum absolute atomic E-state index is 10.9. The van der Waals surface area contributed by atoms with Gasteiger partial charge in [0.2, 0.25) is 0 Å². The Kier molecular flexibility index (Phi) is 5.26. The van der Waals surface area contributed by atoms with Crippen LogP contribution in [0.25, 0.3) is 22.2 Å². The zero-order valence-electron chi connectivity index (χ0n) is 16.5. The van der Waals surface area contributed by atoms with Gasteiger partial charge >= 0.3 is 0 Å². The second kappa shape index (κ2) is 7.66. The molecule has 0 aromatic carbocycles.